The second-order valence-corrected chi connectivity index (χ2v) is 5.82. The summed E-state index contributed by atoms with van der Waals surface area (Å²) in [4.78, 5) is 38.6. The van der Waals surface area contributed by atoms with Gasteiger partial charge in [0.2, 0.25) is 11.8 Å². The highest BCUT2D eigenvalue weighted by molar-refractivity contribution is 6.01. The Kier molecular flexibility index (Phi) is 5.58. The molecule has 2 amide bonds. The van der Waals surface area contributed by atoms with E-state index in [1.165, 1.54) is 0 Å². The first-order chi connectivity index (χ1) is 11.4. The number of halogens is 1. The van der Waals surface area contributed by atoms with Crippen molar-refractivity contribution in [3.8, 4) is 0 Å². The van der Waals surface area contributed by atoms with Crippen LogP contribution < -0.4 is 10.6 Å². The number of imide groups is 1. The molecule has 1 aliphatic rings. The van der Waals surface area contributed by atoms with Gasteiger partial charge in [0.05, 0.1) is 11.4 Å². The molecule has 0 spiro atoms. The lowest BCUT2D eigenvalue weighted by atomic mass is 9.89. The highest BCUT2D eigenvalue weighted by Gasteiger charge is 2.29. The van der Waals surface area contributed by atoms with Crippen molar-refractivity contribution in [3.63, 3.8) is 0 Å². The van der Waals surface area contributed by atoms with E-state index in [1.54, 1.807) is 18.2 Å². The third-order valence-corrected chi connectivity index (χ3v) is 4.10. The Labute approximate surface area is 150 Å². The van der Waals surface area contributed by atoms with Crippen molar-refractivity contribution >= 4 is 46.8 Å². The summed E-state index contributed by atoms with van der Waals surface area (Å²) in [5.41, 5.74) is 2.99. The smallest absolute Gasteiger partial charge is 0.322 e. The largest absolute Gasteiger partial charge is 0.480 e. The second-order valence-electron chi connectivity index (χ2n) is 5.82. The molecular weight excluding hydrogens is 346 g/mol. The Hall–Kier alpha value is -2.67. The van der Waals surface area contributed by atoms with Gasteiger partial charge >= 0.3 is 5.97 Å². The van der Waals surface area contributed by atoms with E-state index in [9.17, 15) is 14.4 Å². The van der Waals surface area contributed by atoms with E-state index in [1.807, 2.05) is 13.0 Å². The van der Waals surface area contributed by atoms with E-state index in [4.69, 9.17) is 5.11 Å². The number of carboxylic acid groups (broad SMARTS) is 1. The lowest BCUT2D eigenvalue weighted by molar-refractivity contribution is -0.135. The van der Waals surface area contributed by atoms with Crippen molar-refractivity contribution in [1.82, 2.24) is 10.3 Å². The van der Waals surface area contributed by atoms with Gasteiger partial charge in [-0.25, -0.2) is 0 Å². The summed E-state index contributed by atoms with van der Waals surface area (Å²) in [7, 11) is 0. The SMILES string of the molecule is Cc1nc2ccc(NCC(=O)O)cc2cc1C1CCC(=O)NC1=O.Cl. The van der Waals surface area contributed by atoms with Crippen molar-refractivity contribution in [1.29, 1.82) is 0 Å². The number of carbonyl (C=O) groups excluding carboxylic acids is 2. The Morgan fingerprint density at radius 3 is 2.80 bits per heavy atom. The van der Waals surface area contributed by atoms with Gasteiger partial charge in [-0.2, -0.15) is 0 Å². The summed E-state index contributed by atoms with van der Waals surface area (Å²) in [5, 5.41) is 14.7. The molecule has 2 aromatic rings. The maximum absolute atomic E-state index is 12.1. The van der Waals surface area contributed by atoms with E-state index < -0.39 is 11.9 Å². The van der Waals surface area contributed by atoms with Gasteiger partial charge in [0.25, 0.3) is 0 Å². The lowest BCUT2D eigenvalue weighted by Crippen LogP contribution is -2.39. The highest BCUT2D eigenvalue weighted by atomic mass is 35.5. The van der Waals surface area contributed by atoms with Gasteiger partial charge in [-0.1, -0.05) is 0 Å². The number of nitrogens with zero attached hydrogens (tertiary/aromatic N) is 1. The van der Waals surface area contributed by atoms with E-state index in [0.29, 0.717) is 18.5 Å². The molecular formula is C17H18ClN3O4. The third-order valence-electron chi connectivity index (χ3n) is 4.10. The molecule has 25 heavy (non-hydrogen) atoms. The first-order valence-electron chi connectivity index (χ1n) is 7.64. The fourth-order valence-corrected chi connectivity index (χ4v) is 2.92. The zero-order chi connectivity index (χ0) is 17.3. The number of amides is 2. The molecule has 0 aliphatic carbocycles. The maximum atomic E-state index is 12.1. The average Bonchev–Trinajstić information content (AvgIpc) is 2.53. The van der Waals surface area contributed by atoms with Crippen LogP contribution in [0.15, 0.2) is 24.3 Å². The van der Waals surface area contributed by atoms with Gasteiger partial charge in [0.15, 0.2) is 0 Å². The molecule has 1 aliphatic heterocycles. The number of carboxylic acids is 1. The predicted molar refractivity (Wildman–Crippen MR) is 95.0 cm³/mol. The van der Waals surface area contributed by atoms with Gasteiger partial charge < -0.3 is 10.4 Å². The van der Waals surface area contributed by atoms with Crippen LogP contribution >= 0.6 is 12.4 Å². The first kappa shape index (κ1) is 18.7. The highest BCUT2D eigenvalue weighted by Crippen LogP contribution is 2.30. The molecule has 0 bridgehead atoms. The Morgan fingerprint density at radius 2 is 2.12 bits per heavy atom. The van der Waals surface area contributed by atoms with Crippen LogP contribution in [0.2, 0.25) is 0 Å². The molecule has 1 unspecified atom stereocenters. The van der Waals surface area contributed by atoms with Crippen LogP contribution in [0.25, 0.3) is 10.9 Å². The number of piperidine rings is 1. The molecule has 8 heteroatoms. The van der Waals surface area contributed by atoms with Crippen LogP contribution in [0.3, 0.4) is 0 Å². The topological polar surface area (TPSA) is 108 Å². The number of nitrogens with one attached hydrogen (secondary N) is 2. The number of hydrogen-bond donors (Lipinski definition) is 3. The van der Waals surface area contributed by atoms with Crippen LogP contribution in [-0.4, -0.2) is 34.4 Å². The van der Waals surface area contributed by atoms with E-state index >= 15 is 0 Å². The normalized spacial score (nSPS) is 16.9. The van der Waals surface area contributed by atoms with E-state index in [0.717, 1.165) is 22.2 Å². The maximum Gasteiger partial charge on any atom is 0.322 e. The minimum absolute atomic E-state index is 0. The van der Waals surface area contributed by atoms with Crippen LogP contribution in [0.5, 0.6) is 0 Å². The van der Waals surface area contributed by atoms with Crippen LogP contribution in [-0.2, 0) is 14.4 Å². The Bertz CT molecular complexity index is 853. The zero-order valence-electron chi connectivity index (χ0n) is 13.5. The van der Waals surface area contributed by atoms with Crippen molar-refractivity contribution in [2.24, 2.45) is 0 Å². The number of rotatable bonds is 4. The third kappa shape index (κ3) is 4.06. The van der Waals surface area contributed by atoms with Crippen molar-refractivity contribution in [2.45, 2.75) is 25.7 Å². The predicted octanol–water partition coefficient (Wildman–Crippen LogP) is 1.98. The van der Waals surface area contributed by atoms with Crippen LogP contribution in [0.1, 0.15) is 30.0 Å². The minimum Gasteiger partial charge on any atom is -0.480 e. The number of aliphatic carboxylic acids is 1. The summed E-state index contributed by atoms with van der Waals surface area (Å²) < 4.78 is 0. The summed E-state index contributed by atoms with van der Waals surface area (Å²) >= 11 is 0. The molecule has 1 saturated heterocycles. The molecule has 2 heterocycles. The quantitative estimate of drug-likeness (QED) is 0.717. The number of aromatic nitrogens is 1. The molecule has 132 valence electrons. The number of anilines is 1. The van der Waals surface area contributed by atoms with E-state index in [2.05, 4.69) is 15.6 Å². The van der Waals surface area contributed by atoms with Crippen molar-refractivity contribution in [3.05, 3.63) is 35.5 Å². The molecule has 1 atom stereocenters. The second kappa shape index (κ2) is 7.48. The van der Waals surface area contributed by atoms with Crippen LogP contribution in [0.4, 0.5) is 5.69 Å². The minimum atomic E-state index is -0.943. The number of benzene rings is 1. The molecule has 0 radical (unpaired) electrons. The molecule has 1 fully saturated rings. The number of aryl methyl sites for hydroxylation is 1. The number of carbonyl (C=O) groups is 3. The molecule has 1 aromatic carbocycles. The molecule has 1 aromatic heterocycles. The molecule has 3 rings (SSSR count). The zero-order valence-corrected chi connectivity index (χ0v) is 14.4. The number of pyridine rings is 1. The van der Waals surface area contributed by atoms with Crippen molar-refractivity contribution in [2.75, 3.05) is 11.9 Å². The molecule has 3 N–H and O–H groups in total. The van der Waals surface area contributed by atoms with Gasteiger partial charge in [0, 0.05) is 23.2 Å². The summed E-state index contributed by atoms with van der Waals surface area (Å²) in [6, 6.07) is 7.27. The fraction of sp³-hybridized carbons (Fsp3) is 0.294. The Balaban J connectivity index is 0.00000225. The molecule has 0 saturated carbocycles. The van der Waals surface area contributed by atoms with Crippen molar-refractivity contribution < 1.29 is 19.5 Å². The van der Waals surface area contributed by atoms with Crippen LogP contribution in [0, 0.1) is 6.92 Å². The standard InChI is InChI=1S/C17H17N3O4.ClH/c1-9-13(12-3-5-15(21)20-17(12)24)7-10-6-11(18-8-16(22)23)2-4-14(10)19-9;/h2,4,6-7,12,18H,3,5,8H2,1H3,(H,22,23)(H,20,21,24);1H. The summed E-state index contributed by atoms with van der Waals surface area (Å²) in [6.45, 7) is 1.67. The van der Waals surface area contributed by atoms with Gasteiger partial charge in [-0.3, -0.25) is 24.7 Å². The fourth-order valence-electron chi connectivity index (χ4n) is 2.92. The number of hydrogen-bond acceptors (Lipinski definition) is 5. The van der Waals surface area contributed by atoms with Gasteiger partial charge in [-0.05, 0) is 43.2 Å². The average molecular weight is 364 g/mol. The Morgan fingerprint density at radius 1 is 1.36 bits per heavy atom. The van der Waals surface area contributed by atoms with Gasteiger partial charge in [-0.15, -0.1) is 12.4 Å². The molecule has 7 nitrogen and oxygen atoms in total. The number of fused-ring (bicyclic) bond motifs is 1. The first-order valence-corrected chi connectivity index (χ1v) is 7.64. The monoisotopic (exact) mass is 363 g/mol. The van der Waals surface area contributed by atoms with E-state index in [-0.39, 0.29) is 30.8 Å². The summed E-state index contributed by atoms with van der Waals surface area (Å²) in [5.74, 6) is -1.88. The lowest BCUT2D eigenvalue weighted by Gasteiger charge is -2.22. The summed E-state index contributed by atoms with van der Waals surface area (Å²) in [6.07, 6.45) is 0.781. The van der Waals surface area contributed by atoms with Gasteiger partial charge in [0.1, 0.15) is 6.54 Å².